The summed E-state index contributed by atoms with van der Waals surface area (Å²) in [5.41, 5.74) is 2.31. The van der Waals surface area contributed by atoms with E-state index in [0.29, 0.717) is 17.2 Å². The SMILES string of the molecule is Cc1occc1C(=O)Nc1ccc(CCl)cc1. The molecular weight excluding hydrogens is 238 g/mol. The third kappa shape index (κ3) is 2.68. The van der Waals surface area contributed by atoms with E-state index in [0.717, 1.165) is 11.3 Å². The second-order valence-corrected chi connectivity index (χ2v) is 3.94. The van der Waals surface area contributed by atoms with Gasteiger partial charge in [-0.2, -0.15) is 0 Å². The van der Waals surface area contributed by atoms with Gasteiger partial charge >= 0.3 is 0 Å². The van der Waals surface area contributed by atoms with Crippen LogP contribution in [0.4, 0.5) is 5.69 Å². The lowest BCUT2D eigenvalue weighted by Gasteiger charge is -2.04. The van der Waals surface area contributed by atoms with Gasteiger partial charge in [0.25, 0.3) is 5.91 Å². The maximum absolute atomic E-state index is 11.9. The van der Waals surface area contributed by atoms with Gasteiger partial charge in [-0.3, -0.25) is 4.79 Å². The van der Waals surface area contributed by atoms with Crippen LogP contribution >= 0.6 is 11.6 Å². The van der Waals surface area contributed by atoms with Gasteiger partial charge in [0.15, 0.2) is 0 Å². The second-order valence-electron chi connectivity index (χ2n) is 3.68. The average Bonchev–Trinajstić information content (AvgIpc) is 2.76. The van der Waals surface area contributed by atoms with E-state index < -0.39 is 0 Å². The van der Waals surface area contributed by atoms with Crippen LogP contribution in [0.5, 0.6) is 0 Å². The zero-order valence-corrected chi connectivity index (χ0v) is 10.1. The Morgan fingerprint density at radius 1 is 1.29 bits per heavy atom. The van der Waals surface area contributed by atoms with Gasteiger partial charge in [0, 0.05) is 11.6 Å². The van der Waals surface area contributed by atoms with Crippen LogP contribution in [0.15, 0.2) is 41.0 Å². The van der Waals surface area contributed by atoms with Crippen LogP contribution in [0.25, 0.3) is 0 Å². The van der Waals surface area contributed by atoms with E-state index in [2.05, 4.69) is 5.32 Å². The lowest BCUT2D eigenvalue weighted by atomic mass is 10.2. The number of amides is 1. The summed E-state index contributed by atoms with van der Waals surface area (Å²) in [6.07, 6.45) is 1.50. The van der Waals surface area contributed by atoms with Crippen molar-refractivity contribution in [3.05, 3.63) is 53.5 Å². The Balaban J connectivity index is 2.10. The molecule has 2 rings (SSSR count). The van der Waals surface area contributed by atoms with Gasteiger partial charge in [-0.15, -0.1) is 11.6 Å². The molecule has 0 aliphatic rings. The number of benzene rings is 1. The Morgan fingerprint density at radius 2 is 2.00 bits per heavy atom. The van der Waals surface area contributed by atoms with Gasteiger partial charge in [0.05, 0.1) is 11.8 Å². The summed E-state index contributed by atoms with van der Waals surface area (Å²) in [7, 11) is 0. The van der Waals surface area contributed by atoms with E-state index in [1.807, 2.05) is 24.3 Å². The molecule has 0 bridgehead atoms. The number of hydrogen-bond donors (Lipinski definition) is 1. The highest BCUT2D eigenvalue weighted by atomic mass is 35.5. The first-order chi connectivity index (χ1) is 8.20. The van der Waals surface area contributed by atoms with Crippen molar-refractivity contribution in [2.75, 3.05) is 5.32 Å². The quantitative estimate of drug-likeness (QED) is 0.845. The van der Waals surface area contributed by atoms with Crippen LogP contribution in [0.1, 0.15) is 21.7 Å². The Bertz CT molecular complexity index is 516. The summed E-state index contributed by atoms with van der Waals surface area (Å²) >= 11 is 5.69. The zero-order chi connectivity index (χ0) is 12.3. The molecule has 0 aliphatic carbocycles. The summed E-state index contributed by atoms with van der Waals surface area (Å²) in [5, 5.41) is 2.79. The van der Waals surface area contributed by atoms with Crippen LogP contribution in [-0.2, 0) is 5.88 Å². The second kappa shape index (κ2) is 5.06. The van der Waals surface area contributed by atoms with Crippen molar-refractivity contribution in [3.63, 3.8) is 0 Å². The number of furan rings is 1. The predicted octanol–water partition coefficient (Wildman–Crippen LogP) is 3.58. The number of alkyl halides is 1. The average molecular weight is 250 g/mol. The third-order valence-corrected chi connectivity index (χ3v) is 2.78. The Kier molecular flexibility index (Phi) is 3.49. The molecule has 2 aromatic rings. The van der Waals surface area contributed by atoms with Gasteiger partial charge in [-0.05, 0) is 30.7 Å². The summed E-state index contributed by atoms with van der Waals surface area (Å²) in [6.45, 7) is 1.76. The minimum Gasteiger partial charge on any atom is -0.469 e. The van der Waals surface area contributed by atoms with E-state index in [9.17, 15) is 4.79 Å². The maximum atomic E-state index is 11.9. The summed E-state index contributed by atoms with van der Waals surface area (Å²) in [6, 6.07) is 9.06. The molecule has 17 heavy (non-hydrogen) atoms. The van der Waals surface area contributed by atoms with Crippen molar-refractivity contribution < 1.29 is 9.21 Å². The fourth-order valence-electron chi connectivity index (χ4n) is 1.50. The zero-order valence-electron chi connectivity index (χ0n) is 9.37. The highest BCUT2D eigenvalue weighted by molar-refractivity contribution is 6.17. The van der Waals surface area contributed by atoms with Crippen molar-refractivity contribution in [1.82, 2.24) is 0 Å². The number of halogens is 1. The molecule has 0 saturated heterocycles. The minimum atomic E-state index is -0.171. The molecule has 0 fully saturated rings. The third-order valence-electron chi connectivity index (χ3n) is 2.47. The molecule has 1 heterocycles. The number of hydrogen-bond acceptors (Lipinski definition) is 2. The molecule has 0 atom stereocenters. The molecule has 0 radical (unpaired) electrons. The van der Waals surface area contributed by atoms with Crippen LogP contribution in [0.3, 0.4) is 0 Å². The Morgan fingerprint density at radius 3 is 2.53 bits per heavy atom. The molecular formula is C13H12ClNO2. The number of anilines is 1. The number of rotatable bonds is 3. The molecule has 3 nitrogen and oxygen atoms in total. The fraction of sp³-hybridized carbons (Fsp3) is 0.154. The molecule has 1 aromatic heterocycles. The molecule has 1 N–H and O–H groups in total. The molecule has 0 unspecified atom stereocenters. The standard InChI is InChI=1S/C13H12ClNO2/c1-9-12(6-7-17-9)13(16)15-11-4-2-10(8-14)3-5-11/h2-7H,8H2,1H3,(H,15,16). The number of carbonyl (C=O) groups excluding carboxylic acids is 1. The largest absolute Gasteiger partial charge is 0.469 e. The van der Waals surface area contributed by atoms with Gasteiger partial charge in [-0.1, -0.05) is 12.1 Å². The molecule has 0 spiro atoms. The highest BCUT2D eigenvalue weighted by Crippen LogP contribution is 2.14. The van der Waals surface area contributed by atoms with Crippen LogP contribution in [0, 0.1) is 6.92 Å². The van der Waals surface area contributed by atoms with Gasteiger partial charge < -0.3 is 9.73 Å². The normalized spacial score (nSPS) is 10.2. The lowest BCUT2D eigenvalue weighted by Crippen LogP contribution is -2.11. The lowest BCUT2D eigenvalue weighted by molar-refractivity contribution is 0.102. The maximum Gasteiger partial charge on any atom is 0.259 e. The number of aryl methyl sites for hydroxylation is 1. The highest BCUT2D eigenvalue weighted by Gasteiger charge is 2.11. The smallest absolute Gasteiger partial charge is 0.259 e. The van der Waals surface area contributed by atoms with E-state index >= 15 is 0 Å². The monoisotopic (exact) mass is 249 g/mol. The van der Waals surface area contributed by atoms with Gasteiger partial charge in [0.2, 0.25) is 0 Å². The molecule has 4 heteroatoms. The molecule has 1 aromatic carbocycles. The first-order valence-electron chi connectivity index (χ1n) is 5.21. The van der Waals surface area contributed by atoms with E-state index in [1.54, 1.807) is 13.0 Å². The summed E-state index contributed by atoms with van der Waals surface area (Å²) < 4.78 is 5.08. The van der Waals surface area contributed by atoms with Gasteiger partial charge in [-0.25, -0.2) is 0 Å². The van der Waals surface area contributed by atoms with Crippen molar-refractivity contribution >= 4 is 23.2 Å². The molecule has 0 saturated carbocycles. The van der Waals surface area contributed by atoms with Crippen molar-refractivity contribution in [2.45, 2.75) is 12.8 Å². The first kappa shape index (κ1) is 11.7. The number of carbonyl (C=O) groups is 1. The Labute approximate surface area is 104 Å². The van der Waals surface area contributed by atoms with Crippen molar-refractivity contribution in [3.8, 4) is 0 Å². The minimum absolute atomic E-state index is 0.171. The molecule has 0 aliphatic heterocycles. The van der Waals surface area contributed by atoms with Crippen LogP contribution in [0.2, 0.25) is 0 Å². The van der Waals surface area contributed by atoms with Crippen molar-refractivity contribution in [2.24, 2.45) is 0 Å². The Hall–Kier alpha value is -1.74. The van der Waals surface area contributed by atoms with Crippen LogP contribution in [-0.4, -0.2) is 5.91 Å². The van der Waals surface area contributed by atoms with E-state index in [-0.39, 0.29) is 5.91 Å². The van der Waals surface area contributed by atoms with E-state index in [1.165, 1.54) is 6.26 Å². The topological polar surface area (TPSA) is 42.2 Å². The molecule has 1 amide bonds. The molecule has 88 valence electrons. The summed E-state index contributed by atoms with van der Waals surface area (Å²) in [4.78, 5) is 11.9. The number of nitrogens with one attached hydrogen (secondary N) is 1. The predicted molar refractivity (Wildman–Crippen MR) is 67.4 cm³/mol. The van der Waals surface area contributed by atoms with Gasteiger partial charge in [0.1, 0.15) is 5.76 Å². The summed E-state index contributed by atoms with van der Waals surface area (Å²) in [5.74, 6) is 0.907. The van der Waals surface area contributed by atoms with E-state index in [4.69, 9.17) is 16.0 Å². The van der Waals surface area contributed by atoms with Crippen LogP contribution < -0.4 is 5.32 Å². The fourth-order valence-corrected chi connectivity index (χ4v) is 1.67. The first-order valence-corrected chi connectivity index (χ1v) is 5.74. The van der Waals surface area contributed by atoms with Crippen molar-refractivity contribution in [1.29, 1.82) is 0 Å².